The molecule has 5 nitrogen and oxygen atoms in total. The van der Waals surface area contributed by atoms with Crippen LogP contribution in [0.1, 0.15) is 20.1 Å². The summed E-state index contributed by atoms with van der Waals surface area (Å²) in [6, 6.07) is 9.49. The Morgan fingerprint density at radius 3 is 2.46 bits per heavy atom. The molecule has 0 saturated carbocycles. The average molecular weight is 393 g/mol. The Bertz CT molecular complexity index is 813. The molecule has 1 aliphatic heterocycles. The third-order valence-electron chi connectivity index (χ3n) is 4.41. The maximum absolute atomic E-state index is 12.3. The zero-order valence-electron chi connectivity index (χ0n) is 14.8. The zero-order chi connectivity index (χ0) is 18.7. The Morgan fingerprint density at radius 1 is 1.15 bits per heavy atom. The lowest BCUT2D eigenvalue weighted by molar-refractivity contribution is -0.134. The molecule has 2 heterocycles. The van der Waals surface area contributed by atoms with Crippen LogP contribution in [0.5, 0.6) is 0 Å². The molecule has 1 aromatic heterocycles. The van der Waals surface area contributed by atoms with Crippen molar-refractivity contribution in [2.45, 2.75) is 13.8 Å². The summed E-state index contributed by atoms with van der Waals surface area (Å²) in [4.78, 5) is 30.3. The van der Waals surface area contributed by atoms with E-state index in [0.717, 1.165) is 15.4 Å². The number of aryl methyl sites for hydroxylation is 2. The lowest BCUT2D eigenvalue weighted by Crippen LogP contribution is -2.50. The highest BCUT2D eigenvalue weighted by atomic mass is 35.5. The van der Waals surface area contributed by atoms with Gasteiger partial charge in [0, 0.05) is 35.9 Å². The van der Waals surface area contributed by atoms with Gasteiger partial charge in [-0.05, 0) is 32.0 Å². The first-order chi connectivity index (χ1) is 12.5. The van der Waals surface area contributed by atoms with Gasteiger partial charge in [-0.15, -0.1) is 11.3 Å². The van der Waals surface area contributed by atoms with Crippen LogP contribution >= 0.6 is 22.9 Å². The van der Waals surface area contributed by atoms with E-state index in [1.165, 1.54) is 0 Å². The standard InChI is InChI=1S/C19H21ClN2O3S/c1-13-11-15(14(2)26-13)19(24)25-12-18(23)22-9-7-21(8-10-22)17-6-4-3-5-16(17)20/h3-6,11H,7-10,12H2,1-2H3. The van der Waals surface area contributed by atoms with Crippen LogP contribution in [0.15, 0.2) is 30.3 Å². The molecule has 0 spiro atoms. The van der Waals surface area contributed by atoms with Crippen molar-refractivity contribution in [3.05, 3.63) is 50.7 Å². The van der Waals surface area contributed by atoms with Crippen LogP contribution in [0.25, 0.3) is 0 Å². The van der Waals surface area contributed by atoms with Gasteiger partial charge in [-0.1, -0.05) is 23.7 Å². The Hall–Kier alpha value is -2.05. The fourth-order valence-corrected chi connectivity index (χ4v) is 4.20. The number of hydrogen-bond acceptors (Lipinski definition) is 5. The Balaban J connectivity index is 1.50. The van der Waals surface area contributed by atoms with E-state index in [1.807, 2.05) is 38.1 Å². The quantitative estimate of drug-likeness (QED) is 0.747. The van der Waals surface area contributed by atoms with E-state index in [-0.39, 0.29) is 12.5 Å². The lowest BCUT2D eigenvalue weighted by atomic mass is 10.2. The number of ether oxygens (including phenoxy) is 1. The summed E-state index contributed by atoms with van der Waals surface area (Å²) >= 11 is 7.78. The minimum atomic E-state index is -0.435. The maximum Gasteiger partial charge on any atom is 0.339 e. The predicted octanol–water partition coefficient (Wildman–Crippen LogP) is 3.52. The van der Waals surface area contributed by atoms with E-state index in [4.69, 9.17) is 16.3 Å². The number of halogens is 1. The molecule has 0 bridgehead atoms. The Kier molecular flexibility index (Phi) is 5.84. The monoisotopic (exact) mass is 392 g/mol. The minimum absolute atomic E-state index is 0.165. The zero-order valence-corrected chi connectivity index (χ0v) is 16.4. The van der Waals surface area contributed by atoms with Gasteiger partial charge in [0.2, 0.25) is 0 Å². The van der Waals surface area contributed by atoms with E-state index in [9.17, 15) is 9.59 Å². The van der Waals surface area contributed by atoms with Crippen molar-refractivity contribution in [3.63, 3.8) is 0 Å². The normalized spacial score (nSPS) is 14.4. The Labute approximate surface area is 162 Å². The largest absolute Gasteiger partial charge is 0.452 e. The number of rotatable bonds is 4. The van der Waals surface area contributed by atoms with Crippen molar-refractivity contribution < 1.29 is 14.3 Å². The number of nitrogens with zero attached hydrogens (tertiary/aromatic N) is 2. The molecule has 0 unspecified atom stereocenters. The van der Waals surface area contributed by atoms with Crippen molar-refractivity contribution in [1.82, 2.24) is 4.90 Å². The summed E-state index contributed by atoms with van der Waals surface area (Å²) in [5.41, 5.74) is 1.53. The number of hydrogen-bond donors (Lipinski definition) is 0. The van der Waals surface area contributed by atoms with Crippen LogP contribution in [-0.4, -0.2) is 49.6 Å². The topological polar surface area (TPSA) is 49.9 Å². The van der Waals surface area contributed by atoms with E-state index in [0.29, 0.717) is 36.8 Å². The van der Waals surface area contributed by atoms with E-state index < -0.39 is 5.97 Å². The number of piperazine rings is 1. The summed E-state index contributed by atoms with van der Waals surface area (Å²) in [7, 11) is 0. The van der Waals surface area contributed by atoms with Gasteiger partial charge in [-0.25, -0.2) is 4.79 Å². The SMILES string of the molecule is Cc1cc(C(=O)OCC(=O)N2CCN(c3ccccc3Cl)CC2)c(C)s1. The molecule has 0 radical (unpaired) electrons. The van der Waals surface area contributed by atoms with Crippen molar-refractivity contribution in [2.75, 3.05) is 37.7 Å². The van der Waals surface area contributed by atoms with Crippen molar-refractivity contribution in [3.8, 4) is 0 Å². The van der Waals surface area contributed by atoms with Gasteiger partial charge in [-0.3, -0.25) is 4.79 Å². The van der Waals surface area contributed by atoms with Gasteiger partial charge >= 0.3 is 5.97 Å². The summed E-state index contributed by atoms with van der Waals surface area (Å²) in [6.45, 7) is 6.16. The van der Waals surface area contributed by atoms with E-state index >= 15 is 0 Å². The smallest absolute Gasteiger partial charge is 0.339 e. The molecular weight excluding hydrogens is 372 g/mol. The van der Waals surface area contributed by atoms with Crippen LogP contribution in [0, 0.1) is 13.8 Å². The molecule has 7 heteroatoms. The number of esters is 1. The number of carbonyl (C=O) groups is 2. The molecule has 0 atom stereocenters. The van der Waals surface area contributed by atoms with Gasteiger partial charge in [0.05, 0.1) is 16.3 Å². The lowest BCUT2D eigenvalue weighted by Gasteiger charge is -2.36. The fourth-order valence-electron chi connectivity index (χ4n) is 3.03. The van der Waals surface area contributed by atoms with Crippen LogP contribution in [0.2, 0.25) is 5.02 Å². The molecule has 1 saturated heterocycles. The molecule has 0 N–H and O–H groups in total. The van der Waals surface area contributed by atoms with Crippen molar-refractivity contribution >= 4 is 40.5 Å². The van der Waals surface area contributed by atoms with Gasteiger partial charge < -0.3 is 14.5 Å². The predicted molar refractivity (Wildman–Crippen MR) is 104 cm³/mol. The summed E-state index contributed by atoms with van der Waals surface area (Å²) < 4.78 is 5.21. The first-order valence-electron chi connectivity index (χ1n) is 8.47. The van der Waals surface area contributed by atoms with Gasteiger partial charge in [0.25, 0.3) is 5.91 Å². The van der Waals surface area contributed by atoms with E-state index in [1.54, 1.807) is 22.3 Å². The number of para-hydroxylation sites is 1. The molecule has 0 aliphatic carbocycles. The molecular formula is C19H21ClN2O3S. The number of thiophene rings is 1. The molecule has 138 valence electrons. The fraction of sp³-hybridized carbons (Fsp3) is 0.368. The summed E-state index contributed by atoms with van der Waals surface area (Å²) in [5.74, 6) is -0.600. The molecule has 26 heavy (non-hydrogen) atoms. The summed E-state index contributed by atoms with van der Waals surface area (Å²) in [5, 5.41) is 0.711. The van der Waals surface area contributed by atoms with Gasteiger partial charge in [0.1, 0.15) is 0 Å². The van der Waals surface area contributed by atoms with Crippen molar-refractivity contribution in [1.29, 1.82) is 0 Å². The van der Waals surface area contributed by atoms with Crippen LogP contribution < -0.4 is 4.90 Å². The first-order valence-corrected chi connectivity index (χ1v) is 9.66. The van der Waals surface area contributed by atoms with Gasteiger partial charge in [-0.2, -0.15) is 0 Å². The second-order valence-electron chi connectivity index (χ2n) is 6.22. The first kappa shape index (κ1) is 18.7. The third-order valence-corrected chi connectivity index (χ3v) is 5.70. The van der Waals surface area contributed by atoms with Crippen molar-refractivity contribution in [2.24, 2.45) is 0 Å². The summed E-state index contributed by atoms with van der Waals surface area (Å²) in [6.07, 6.45) is 0. The second kappa shape index (κ2) is 8.10. The van der Waals surface area contributed by atoms with Crippen LogP contribution in [0.4, 0.5) is 5.69 Å². The number of amides is 1. The average Bonchev–Trinajstić information content (AvgIpc) is 2.98. The molecule has 3 rings (SSSR count). The van der Waals surface area contributed by atoms with Gasteiger partial charge in [0.15, 0.2) is 6.61 Å². The molecule has 1 aromatic carbocycles. The highest BCUT2D eigenvalue weighted by Gasteiger charge is 2.23. The second-order valence-corrected chi connectivity index (χ2v) is 8.09. The number of anilines is 1. The Morgan fingerprint density at radius 2 is 1.85 bits per heavy atom. The molecule has 2 aromatic rings. The van der Waals surface area contributed by atoms with Crippen LogP contribution in [0.3, 0.4) is 0 Å². The number of carbonyl (C=O) groups excluding carboxylic acids is 2. The molecule has 1 aliphatic rings. The van der Waals surface area contributed by atoms with Crippen LogP contribution in [-0.2, 0) is 9.53 Å². The number of benzene rings is 1. The third kappa shape index (κ3) is 4.19. The molecule has 1 fully saturated rings. The maximum atomic E-state index is 12.3. The minimum Gasteiger partial charge on any atom is -0.452 e. The highest BCUT2D eigenvalue weighted by molar-refractivity contribution is 7.12. The molecule has 1 amide bonds. The highest BCUT2D eigenvalue weighted by Crippen LogP contribution is 2.26. The van der Waals surface area contributed by atoms with E-state index in [2.05, 4.69) is 4.90 Å².